The highest BCUT2D eigenvalue weighted by atomic mass is 19.2. The van der Waals surface area contributed by atoms with Gasteiger partial charge >= 0.3 is 0 Å². The first-order valence-electron chi connectivity index (χ1n) is 9.36. The third-order valence-corrected chi connectivity index (χ3v) is 4.99. The fraction of sp³-hybridized carbons (Fsp3) is 0.250. The zero-order valence-electron chi connectivity index (χ0n) is 16.9. The summed E-state index contributed by atoms with van der Waals surface area (Å²) in [5.41, 5.74) is 0.288. The Kier molecular flexibility index (Phi) is 5.43. The summed E-state index contributed by atoms with van der Waals surface area (Å²) in [7, 11) is 2.93. The van der Waals surface area contributed by atoms with E-state index in [-0.39, 0.29) is 12.2 Å². The lowest BCUT2D eigenvalue weighted by Gasteiger charge is -2.20. The van der Waals surface area contributed by atoms with Gasteiger partial charge in [0, 0.05) is 17.8 Å². The fourth-order valence-corrected chi connectivity index (χ4v) is 3.49. The van der Waals surface area contributed by atoms with Crippen LogP contribution in [0, 0.1) is 11.6 Å². The van der Waals surface area contributed by atoms with Crippen LogP contribution in [0.4, 0.5) is 20.2 Å². The van der Waals surface area contributed by atoms with Gasteiger partial charge in [0.2, 0.25) is 5.91 Å². The van der Waals surface area contributed by atoms with Crippen LogP contribution in [0.5, 0.6) is 11.5 Å². The summed E-state index contributed by atoms with van der Waals surface area (Å²) in [6, 6.07) is 5.10. The summed E-state index contributed by atoms with van der Waals surface area (Å²) in [6.45, 7) is -0.371. The average Bonchev–Trinajstić information content (AvgIpc) is 3.29. The van der Waals surface area contributed by atoms with Crippen molar-refractivity contribution in [2.24, 2.45) is 10.3 Å². The van der Waals surface area contributed by atoms with Crippen LogP contribution in [-0.4, -0.2) is 55.6 Å². The molecule has 0 aromatic heterocycles. The van der Waals surface area contributed by atoms with E-state index >= 15 is 0 Å². The van der Waals surface area contributed by atoms with Crippen molar-refractivity contribution in [1.29, 1.82) is 0 Å². The first kappa shape index (κ1) is 21.2. The summed E-state index contributed by atoms with van der Waals surface area (Å²) >= 11 is 0. The molecule has 2 aromatic rings. The van der Waals surface area contributed by atoms with E-state index in [1.165, 1.54) is 14.2 Å². The highest BCUT2D eigenvalue weighted by Gasteiger charge is 2.55. The molecule has 12 heteroatoms. The number of nitrogens with one attached hydrogen (secondary N) is 1. The van der Waals surface area contributed by atoms with Crippen molar-refractivity contribution in [2.45, 2.75) is 12.1 Å². The van der Waals surface area contributed by atoms with E-state index in [0.717, 1.165) is 28.1 Å². The van der Waals surface area contributed by atoms with Crippen molar-refractivity contribution in [2.75, 3.05) is 31.0 Å². The fourth-order valence-electron chi connectivity index (χ4n) is 3.49. The Labute approximate surface area is 180 Å². The molecule has 0 spiro atoms. The van der Waals surface area contributed by atoms with Crippen LogP contribution in [0.25, 0.3) is 0 Å². The Hall–Kier alpha value is -4.09. The molecule has 1 N–H and O–H groups in total. The lowest BCUT2D eigenvalue weighted by molar-refractivity contribution is -0.123. The summed E-state index contributed by atoms with van der Waals surface area (Å²) in [5, 5.41) is 11.3. The number of hydrogen-bond donors (Lipinski definition) is 1. The number of halogens is 2. The first-order chi connectivity index (χ1) is 15.3. The molecule has 0 unspecified atom stereocenters. The molecule has 166 valence electrons. The van der Waals surface area contributed by atoms with Gasteiger partial charge in [-0.15, -0.1) is 0 Å². The van der Waals surface area contributed by atoms with Crippen molar-refractivity contribution < 1.29 is 32.6 Å². The predicted molar refractivity (Wildman–Crippen MR) is 106 cm³/mol. The smallest absolute Gasteiger partial charge is 0.263 e. The standard InChI is InChI=1S/C20H17F2N5O5/c1-31-14-6-3-10(7-15(14)32-2)23-16(28)9-26-18-17(24-25-26)19(29)27(20(18)30)11-4-5-12(21)13(22)8-11/h3-8,17-18H,9H2,1-2H3,(H,23,28)/t17-,18+/m1/s1. The maximum atomic E-state index is 13.6. The minimum absolute atomic E-state index is 0.127. The van der Waals surface area contributed by atoms with Gasteiger partial charge in [0.1, 0.15) is 6.54 Å². The average molecular weight is 445 g/mol. The van der Waals surface area contributed by atoms with Crippen LogP contribution in [-0.2, 0) is 14.4 Å². The van der Waals surface area contributed by atoms with Crippen LogP contribution in [0.3, 0.4) is 0 Å². The highest BCUT2D eigenvalue weighted by molar-refractivity contribution is 6.25. The summed E-state index contributed by atoms with van der Waals surface area (Å²) in [6.07, 6.45) is 0. The molecule has 2 aromatic carbocycles. The van der Waals surface area contributed by atoms with E-state index in [1.807, 2.05) is 0 Å². The van der Waals surface area contributed by atoms with Gasteiger partial charge in [-0.25, -0.2) is 13.7 Å². The number of ether oxygens (including phenoxy) is 2. The van der Waals surface area contributed by atoms with E-state index in [2.05, 4.69) is 15.7 Å². The predicted octanol–water partition coefficient (Wildman–Crippen LogP) is 1.91. The van der Waals surface area contributed by atoms with Gasteiger partial charge in [0.05, 0.1) is 19.9 Å². The van der Waals surface area contributed by atoms with Gasteiger partial charge in [0.25, 0.3) is 11.8 Å². The molecule has 3 amide bonds. The minimum atomic E-state index is -1.20. The Bertz CT molecular complexity index is 1140. The number of carbonyl (C=O) groups is 3. The van der Waals surface area contributed by atoms with Crippen LogP contribution >= 0.6 is 0 Å². The largest absolute Gasteiger partial charge is 0.493 e. The second-order valence-corrected chi connectivity index (χ2v) is 6.92. The van der Waals surface area contributed by atoms with Gasteiger partial charge in [-0.2, -0.15) is 5.11 Å². The van der Waals surface area contributed by atoms with Crippen molar-refractivity contribution in [1.82, 2.24) is 5.01 Å². The second kappa shape index (κ2) is 8.21. The lowest BCUT2D eigenvalue weighted by Crippen LogP contribution is -2.43. The Morgan fingerprint density at radius 2 is 1.78 bits per heavy atom. The molecule has 2 atom stereocenters. The molecular weight excluding hydrogens is 428 g/mol. The number of benzene rings is 2. The Balaban J connectivity index is 1.48. The maximum absolute atomic E-state index is 13.6. The summed E-state index contributed by atoms with van der Waals surface area (Å²) in [4.78, 5) is 38.7. The quantitative estimate of drug-likeness (QED) is 0.680. The normalized spacial score (nSPS) is 19.4. The van der Waals surface area contributed by atoms with E-state index in [1.54, 1.807) is 18.2 Å². The van der Waals surface area contributed by atoms with Crippen LogP contribution in [0.15, 0.2) is 46.7 Å². The number of nitrogens with zero attached hydrogens (tertiary/aromatic N) is 4. The molecule has 32 heavy (non-hydrogen) atoms. The first-order valence-corrected chi connectivity index (χ1v) is 9.36. The molecule has 1 fully saturated rings. The molecule has 0 saturated carbocycles. The third kappa shape index (κ3) is 3.59. The Morgan fingerprint density at radius 1 is 1.03 bits per heavy atom. The number of carbonyl (C=O) groups excluding carboxylic acids is 3. The second-order valence-electron chi connectivity index (χ2n) is 6.92. The molecule has 1 saturated heterocycles. The van der Waals surface area contributed by atoms with Gasteiger partial charge in [-0.05, 0) is 24.3 Å². The molecule has 2 aliphatic rings. The van der Waals surface area contributed by atoms with E-state index in [0.29, 0.717) is 17.2 Å². The molecule has 2 aliphatic heterocycles. The molecule has 0 aliphatic carbocycles. The molecular formula is C20H17F2N5O5. The number of fused-ring (bicyclic) bond motifs is 1. The SMILES string of the molecule is COc1ccc(NC(=O)CN2N=N[C@H]3C(=O)N(c4ccc(F)c(F)c4)C(=O)[C@H]32)cc1OC. The summed E-state index contributed by atoms with van der Waals surface area (Å²) in [5.74, 6) is -3.43. The number of hydrogen-bond acceptors (Lipinski definition) is 8. The maximum Gasteiger partial charge on any atom is 0.263 e. The van der Waals surface area contributed by atoms with Crippen molar-refractivity contribution in [3.63, 3.8) is 0 Å². The number of anilines is 2. The van der Waals surface area contributed by atoms with Crippen molar-refractivity contribution in [3.05, 3.63) is 48.0 Å². The van der Waals surface area contributed by atoms with Gasteiger partial charge in [-0.1, -0.05) is 5.22 Å². The van der Waals surface area contributed by atoms with Crippen LogP contribution in [0.2, 0.25) is 0 Å². The summed E-state index contributed by atoms with van der Waals surface area (Å²) < 4.78 is 37.1. The van der Waals surface area contributed by atoms with E-state index in [9.17, 15) is 23.2 Å². The van der Waals surface area contributed by atoms with Gasteiger partial charge < -0.3 is 14.8 Å². The van der Waals surface area contributed by atoms with Gasteiger partial charge in [-0.3, -0.25) is 19.4 Å². The topological polar surface area (TPSA) is 113 Å². The highest BCUT2D eigenvalue weighted by Crippen LogP contribution is 2.33. The number of imide groups is 1. The molecule has 0 radical (unpaired) electrons. The number of methoxy groups -OCH3 is 2. The Morgan fingerprint density at radius 3 is 2.47 bits per heavy atom. The minimum Gasteiger partial charge on any atom is -0.493 e. The van der Waals surface area contributed by atoms with Crippen molar-refractivity contribution in [3.8, 4) is 11.5 Å². The molecule has 2 heterocycles. The molecule has 10 nitrogen and oxygen atoms in total. The van der Waals surface area contributed by atoms with Gasteiger partial charge in [0.15, 0.2) is 35.2 Å². The molecule has 4 rings (SSSR count). The van der Waals surface area contributed by atoms with E-state index < -0.39 is 41.4 Å². The zero-order chi connectivity index (χ0) is 23.0. The van der Waals surface area contributed by atoms with Crippen LogP contribution < -0.4 is 19.7 Å². The zero-order valence-corrected chi connectivity index (χ0v) is 16.9. The lowest BCUT2D eigenvalue weighted by atomic mass is 10.1. The molecule has 0 bridgehead atoms. The third-order valence-electron chi connectivity index (χ3n) is 4.99. The van der Waals surface area contributed by atoms with Crippen LogP contribution in [0.1, 0.15) is 0 Å². The number of amides is 3. The van der Waals surface area contributed by atoms with Crippen molar-refractivity contribution >= 4 is 29.1 Å². The number of rotatable bonds is 6. The van der Waals surface area contributed by atoms with E-state index in [4.69, 9.17) is 9.47 Å². The monoisotopic (exact) mass is 445 g/mol.